The number of hydrogen-bond donors (Lipinski definition) is 0. The van der Waals surface area contributed by atoms with Gasteiger partial charge in [0.1, 0.15) is 8.07 Å². The summed E-state index contributed by atoms with van der Waals surface area (Å²) in [6.45, 7) is 11.6. The Balaban J connectivity index is 2.09. The maximum absolute atomic E-state index is 3.79. The molecule has 2 aromatic rings. The van der Waals surface area contributed by atoms with Gasteiger partial charge in [0.25, 0.3) is 0 Å². The Kier molecular flexibility index (Phi) is 8.87. The van der Waals surface area contributed by atoms with Gasteiger partial charge in [-0.2, -0.15) is 0 Å². The monoisotopic (exact) mass is 508 g/mol. The summed E-state index contributed by atoms with van der Waals surface area (Å²) in [6.07, 6.45) is 13.0. The van der Waals surface area contributed by atoms with Gasteiger partial charge in [-0.1, -0.05) is 119 Å². The van der Waals surface area contributed by atoms with Gasteiger partial charge in [-0.3, -0.25) is 0 Å². The molecule has 1 aliphatic rings. The van der Waals surface area contributed by atoms with Crippen LogP contribution in [0.2, 0.25) is 19.6 Å². The molecule has 2 heteroatoms. The number of halogens is 1. The molecular weight excluding hydrogens is 468 g/mol. The van der Waals surface area contributed by atoms with Crippen LogP contribution in [0.4, 0.5) is 0 Å². The molecule has 3 rings (SSSR count). The van der Waals surface area contributed by atoms with E-state index in [0.717, 1.165) is 0 Å². The molecule has 0 N–H and O–H groups in total. The van der Waals surface area contributed by atoms with Gasteiger partial charge in [-0.25, -0.2) is 0 Å². The molecule has 0 radical (unpaired) electrons. The molecule has 172 valence electrons. The molecule has 0 saturated carbocycles. The second-order valence-corrected chi connectivity index (χ2v) is 16.3. The SMILES string of the molecule is CCCCCCC1(CCCCCC)c2cc(Br)ccc2-c2ccc(C#C[Si](C)(C)C)cc21. The minimum absolute atomic E-state index is 0.132. The fourth-order valence-corrected chi connectivity index (χ4v) is 6.06. The number of hydrogen-bond acceptors (Lipinski definition) is 0. The first-order valence-electron chi connectivity index (χ1n) is 12.8. The number of rotatable bonds is 10. The van der Waals surface area contributed by atoms with E-state index in [9.17, 15) is 0 Å². The summed E-state index contributed by atoms with van der Waals surface area (Å²) in [6, 6.07) is 14.0. The Hall–Kier alpha value is -1.30. The molecule has 0 nitrogen and oxygen atoms in total. The molecule has 0 aromatic heterocycles. The fraction of sp³-hybridized carbons (Fsp3) is 0.533. The fourth-order valence-electron chi connectivity index (χ4n) is 5.18. The van der Waals surface area contributed by atoms with E-state index in [4.69, 9.17) is 0 Å². The molecule has 2 aromatic carbocycles. The highest BCUT2D eigenvalue weighted by Crippen LogP contribution is 2.55. The van der Waals surface area contributed by atoms with Gasteiger partial charge in [0.15, 0.2) is 0 Å². The van der Waals surface area contributed by atoms with E-state index in [1.54, 1.807) is 11.1 Å². The van der Waals surface area contributed by atoms with Crippen molar-refractivity contribution in [1.29, 1.82) is 0 Å². The molecule has 0 heterocycles. The van der Waals surface area contributed by atoms with Crippen LogP contribution in [0.15, 0.2) is 40.9 Å². The molecule has 0 aliphatic heterocycles. The zero-order valence-electron chi connectivity index (χ0n) is 20.9. The zero-order chi connectivity index (χ0) is 23.2. The molecule has 0 unspecified atom stereocenters. The van der Waals surface area contributed by atoms with Gasteiger partial charge in [0.2, 0.25) is 0 Å². The van der Waals surface area contributed by atoms with E-state index >= 15 is 0 Å². The van der Waals surface area contributed by atoms with Crippen LogP contribution in [0.5, 0.6) is 0 Å². The van der Waals surface area contributed by atoms with Crippen molar-refractivity contribution in [2.75, 3.05) is 0 Å². The van der Waals surface area contributed by atoms with Gasteiger partial charge in [0.05, 0.1) is 0 Å². The first kappa shape index (κ1) is 25.3. The first-order valence-corrected chi connectivity index (χ1v) is 17.1. The Bertz CT molecular complexity index is 959. The number of fused-ring (bicyclic) bond motifs is 3. The van der Waals surface area contributed by atoms with E-state index in [0.29, 0.717) is 0 Å². The van der Waals surface area contributed by atoms with Crippen molar-refractivity contribution < 1.29 is 0 Å². The maximum Gasteiger partial charge on any atom is 0.129 e. The molecule has 0 atom stereocenters. The number of unbranched alkanes of at least 4 members (excludes halogenated alkanes) is 6. The van der Waals surface area contributed by atoms with Gasteiger partial charge in [-0.15, -0.1) is 5.54 Å². The molecule has 0 bridgehead atoms. The average molecular weight is 510 g/mol. The third kappa shape index (κ3) is 5.98. The molecule has 0 saturated heterocycles. The summed E-state index contributed by atoms with van der Waals surface area (Å²) in [5.74, 6) is 3.55. The third-order valence-electron chi connectivity index (χ3n) is 6.82. The lowest BCUT2D eigenvalue weighted by Crippen LogP contribution is -2.25. The normalized spacial score (nSPS) is 13.9. The van der Waals surface area contributed by atoms with Crippen LogP contribution in [-0.2, 0) is 5.41 Å². The summed E-state index contributed by atoms with van der Waals surface area (Å²) in [4.78, 5) is 0. The molecule has 32 heavy (non-hydrogen) atoms. The minimum atomic E-state index is -1.40. The van der Waals surface area contributed by atoms with E-state index < -0.39 is 8.07 Å². The van der Waals surface area contributed by atoms with Crippen LogP contribution >= 0.6 is 15.9 Å². The Morgan fingerprint density at radius 3 is 1.88 bits per heavy atom. The van der Waals surface area contributed by atoms with E-state index in [1.165, 1.54) is 85.4 Å². The van der Waals surface area contributed by atoms with E-state index in [-0.39, 0.29) is 5.41 Å². The van der Waals surface area contributed by atoms with Crippen molar-refractivity contribution in [2.45, 2.75) is 103 Å². The summed E-state index contributed by atoms with van der Waals surface area (Å²) in [5, 5.41) is 0. The van der Waals surface area contributed by atoms with Gasteiger partial charge < -0.3 is 0 Å². The van der Waals surface area contributed by atoms with Crippen LogP contribution in [0, 0.1) is 11.5 Å². The molecule has 0 spiro atoms. The van der Waals surface area contributed by atoms with Crippen LogP contribution in [-0.4, -0.2) is 8.07 Å². The Labute approximate surface area is 206 Å². The molecular formula is C30H41BrSi. The lowest BCUT2D eigenvalue weighted by Gasteiger charge is -2.33. The smallest absolute Gasteiger partial charge is 0.127 e. The van der Waals surface area contributed by atoms with Crippen LogP contribution in [0.1, 0.15) is 94.7 Å². The highest BCUT2D eigenvalue weighted by Gasteiger charge is 2.42. The first-order chi connectivity index (χ1) is 15.3. The average Bonchev–Trinajstić information content (AvgIpc) is 3.01. The largest absolute Gasteiger partial charge is 0.129 e. The van der Waals surface area contributed by atoms with Gasteiger partial charge in [-0.05, 0) is 59.4 Å². The van der Waals surface area contributed by atoms with Crippen molar-refractivity contribution >= 4 is 24.0 Å². The zero-order valence-corrected chi connectivity index (χ0v) is 23.5. The second-order valence-electron chi connectivity index (χ2n) is 10.7. The Morgan fingerprint density at radius 1 is 0.750 bits per heavy atom. The molecule has 0 amide bonds. The predicted molar refractivity (Wildman–Crippen MR) is 148 cm³/mol. The highest BCUT2D eigenvalue weighted by molar-refractivity contribution is 9.10. The van der Waals surface area contributed by atoms with E-state index in [2.05, 4.69) is 97.3 Å². The lowest BCUT2D eigenvalue weighted by molar-refractivity contribution is 0.401. The van der Waals surface area contributed by atoms with Crippen molar-refractivity contribution in [2.24, 2.45) is 0 Å². The summed E-state index contributed by atoms with van der Waals surface area (Å²) in [5.41, 5.74) is 10.9. The lowest BCUT2D eigenvalue weighted by atomic mass is 9.70. The number of benzene rings is 2. The predicted octanol–water partition coefficient (Wildman–Crippen LogP) is 9.89. The summed E-state index contributed by atoms with van der Waals surface area (Å²) < 4.78 is 1.20. The standard InChI is InChI=1S/C30H41BrSi/c1-6-8-10-12-19-30(20-13-11-9-7-2)28-22-24(18-21-32(3,4)5)14-16-26(28)27-17-15-25(31)23-29(27)30/h14-17,22-23H,6-13,19-20H2,1-5H3. The second kappa shape index (κ2) is 11.2. The summed E-state index contributed by atoms with van der Waals surface area (Å²) in [7, 11) is -1.40. The van der Waals surface area contributed by atoms with Crippen LogP contribution in [0.25, 0.3) is 11.1 Å². The topological polar surface area (TPSA) is 0 Å². The van der Waals surface area contributed by atoms with E-state index in [1.807, 2.05) is 0 Å². The maximum atomic E-state index is 3.79. The van der Waals surface area contributed by atoms with Crippen LogP contribution in [0.3, 0.4) is 0 Å². The van der Waals surface area contributed by atoms with Crippen molar-refractivity contribution in [3.8, 4) is 22.6 Å². The highest BCUT2D eigenvalue weighted by atomic mass is 79.9. The quantitative estimate of drug-likeness (QED) is 0.170. The van der Waals surface area contributed by atoms with Crippen molar-refractivity contribution in [3.63, 3.8) is 0 Å². The summed E-state index contributed by atoms with van der Waals surface area (Å²) >= 11 is 3.79. The van der Waals surface area contributed by atoms with Gasteiger partial charge in [0, 0.05) is 15.5 Å². The van der Waals surface area contributed by atoms with Crippen LogP contribution < -0.4 is 0 Å². The Morgan fingerprint density at radius 2 is 1.31 bits per heavy atom. The van der Waals surface area contributed by atoms with Crippen molar-refractivity contribution in [3.05, 3.63) is 57.6 Å². The third-order valence-corrected chi connectivity index (χ3v) is 8.19. The van der Waals surface area contributed by atoms with Crippen molar-refractivity contribution in [1.82, 2.24) is 0 Å². The molecule has 0 fully saturated rings. The minimum Gasteiger partial charge on any atom is -0.127 e. The molecule has 1 aliphatic carbocycles. The van der Waals surface area contributed by atoms with Gasteiger partial charge >= 0.3 is 0 Å².